The number of amides is 1. The van der Waals surface area contributed by atoms with E-state index in [1.165, 1.54) is 37.1 Å². The van der Waals surface area contributed by atoms with Gasteiger partial charge < -0.3 is 14.6 Å². The van der Waals surface area contributed by atoms with Gasteiger partial charge in [-0.25, -0.2) is 0 Å². The molecular formula is C17H19N5O4S. The van der Waals surface area contributed by atoms with Gasteiger partial charge in [0.1, 0.15) is 11.6 Å². The van der Waals surface area contributed by atoms with Crippen molar-refractivity contribution >= 4 is 29.0 Å². The van der Waals surface area contributed by atoms with Crippen LogP contribution in [0.4, 0.5) is 11.4 Å². The number of nitro benzene ring substituents is 1. The Balaban J connectivity index is 1.43. The number of hydrogen-bond acceptors (Lipinski definition) is 7. The van der Waals surface area contributed by atoms with E-state index in [1.54, 1.807) is 0 Å². The summed E-state index contributed by atoms with van der Waals surface area (Å²) in [5.41, 5.74) is 0.168. The molecule has 1 heterocycles. The topological polar surface area (TPSA) is 112 Å². The number of hydrogen-bond donors (Lipinski definition) is 1. The molecule has 27 heavy (non-hydrogen) atoms. The van der Waals surface area contributed by atoms with Gasteiger partial charge in [0.25, 0.3) is 5.69 Å². The van der Waals surface area contributed by atoms with Crippen molar-refractivity contribution in [2.24, 2.45) is 0 Å². The van der Waals surface area contributed by atoms with Crippen LogP contribution in [-0.4, -0.2) is 38.5 Å². The van der Waals surface area contributed by atoms with Crippen LogP contribution in [-0.2, 0) is 4.79 Å². The largest absolute Gasteiger partial charge is 0.495 e. The fourth-order valence-corrected chi connectivity index (χ4v) is 3.72. The molecule has 1 aromatic carbocycles. The van der Waals surface area contributed by atoms with Crippen molar-refractivity contribution < 1.29 is 14.5 Å². The maximum Gasteiger partial charge on any atom is 0.271 e. The lowest BCUT2D eigenvalue weighted by molar-refractivity contribution is -0.384. The molecule has 1 N–H and O–H groups in total. The molecule has 1 amide bonds. The molecule has 0 atom stereocenters. The standard InChI is InChI=1S/C17H19N5O4S/c1-26-14-7-6-12(22(24)25)8-13(14)18-15(23)9-27-17-20-19-16(10-2-3-10)21(17)11-4-5-11/h6-8,10-11H,2-5,9H2,1H3,(H,18,23). The van der Waals surface area contributed by atoms with Crippen LogP contribution in [0, 0.1) is 10.1 Å². The number of thioether (sulfide) groups is 1. The molecule has 0 radical (unpaired) electrons. The fourth-order valence-electron chi connectivity index (χ4n) is 2.91. The number of nitrogens with one attached hydrogen (secondary N) is 1. The summed E-state index contributed by atoms with van der Waals surface area (Å²) in [7, 11) is 1.45. The molecule has 2 fully saturated rings. The predicted octanol–water partition coefficient (Wildman–Crippen LogP) is 3.14. The average molecular weight is 389 g/mol. The quantitative estimate of drug-likeness (QED) is 0.419. The summed E-state index contributed by atoms with van der Waals surface area (Å²) in [6, 6.07) is 4.55. The molecule has 9 nitrogen and oxygen atoms in total. The molecule has 4 rings (SSSR count). The smallest absolute Gasteiger partial charge is 0.271 e. The normalized spacial score (nSPS) is 16.2. The molecule has 0 saturated heterocycles. The minimum atomic E-state index is -0.513. The molecule has 2 aliphatic rings. The van der Waals surface area contributed by atoms with Gasteiger partial charge in [-0.15, -0.1) is 10.2 Å². The molecule has 0 spiro atoms. The maximum atomic E-state index is 12.4. The van der Waals surface area contributed by atoms with Gasteiger partial charge in [0.15, 0.2) is 5.16 Å². The summed E-state index contributed by atoms with van der Waals surface area (Å²) < 4.78 is 7.35. The van der Waals surface area contributed by atoms with E-state index in [1.807, 2.05) is 0 Å². The summed E-state index contributed by atoms with van der Waals surface area (Å²) in [6.45, 7) is 0. The van der Waals surface area contributed by atoms with Gasteiger partial charge in [-0.1, -0.05) is 11.8 Å². The third-order valence-corrected chi connectivity index (χ3v) is 5.49. The zero-order valence-electron chi connectivity index (χ0n) is 14.8. The number of carbonyl (C=O) groups is 1. The number of nitro groups is 1. The average Bonchev–Trinajstić information content (AvgIpc) is 3.58. The first-order valence-corrected chi connectivity index (χ1v) is 9.75. The Morgan fingerprint density at radius 2 is 2.15 bits per heavy atom. The van der Waals surface area contributed by atoms with Crippen molar-refractivity contribution in [2.45, 2.75) is 42.8 Å². The van der Waals surface area contributed by atoms with Crippen molar-refractivity contribution in [1.82, 2.24) is 14.8 Å². The zero-order valence-corrected chi connectivity index (χ0v) is 15.6. The van der Waals surface area contributed by atoms with E-state index in [0.29, 0.717) is 17.7 Å². The third kappa shape index (κ3) is 3.90. The molecule has 0 aliphatic heterocycles. The van der Waals surface area contributed by atoms with Crippen LogP contribution in [0.3, 0.4) is 0 Å². The Labute approximate surface area is 159 Å². The molecule has 0 bridgehead atoms. The summed E-state index contributed by atoms with van der Waals surface area (Å²) in [6.07, 6.45) is 4.57. The Bertz CT molecular complexity index is 891. The highest BCUT2D eigenvalue weighted by Crippen LogP contribution is 2.46. The van der Waals surface area contributed by atoms with Crippen molar-refractivity contribution in [3.05, 3.63) is 34.1 Å². The van der Waals surface area contributed by atoms with Crippen LogP contribution in [0.2, 0.25) is 0 Å². The van der Waals surface area contributed by atoms with Gasteiger partial charge in [-0.3, -0.25) is 14.9 Å². The van der Waals surface area contributed by atoms with E-state index in [2.05, 4.69) is 20.1 Å². The van der Waals surface area contributed by atoms with Crippen LogP contribution in [0.1, 0.15) is 43.5 Å². The third-order valence-electron chi connectivity index (χ3n) is 4.55. The molecule has 2 aliphatic carbocycles. The lowest BCUT2D eigenvalue weighted by Gasteiger charge is -2.10. The molecular weight excluding hydrogens is 370 g/mol. The van der Waals surface area contributed by atoms with E-state index in [4.69, 9.17) is 4.74 Å². The minimum Gasteiger partial charge on any atom is -0.495 e. The first kappa shape index (κ1) is 17.8. The number of non-ortho nitro benzene ring substituents is 1. The van der Waals surface area contributed by atoms with Gasteiger partial charge in [-0.2, -0.15) is 0 Å². The van der Waals surface area contributed by atoms with E-state index < -0.39 is 4.92 Å². The first-order chi connectivity index (χ1) is 13.1. The van der Waals surface area contributed by atoms with Crippen molar-refractivity contribution in [3.63, 3.8) is 0 Å². The van der Waals surface area contributed by atoms with E-state index >= 15 is 0 Å². The van der Waals surface area contributed by atoms with Gasteiger partial charge in [0.05, 0.1) is 23.5 Å². The lowest BCUT2D eigenvalue weighted by atomic mass is 10.2. The second-order valence-corrected chi connectivity index (χ2v) is 7.64. The second kappa shape index (κ2) is 7.18. The zero-order chi connectivity index (χ0) is 19.0. The molecule has 2 saturated carbocycles. The van der Waals surface area contributed by atoms with Gasteiger partial charge >= 0.3 is 0 Å². The van der Waals surface area contributed by atoms with Crippen LogP contribution in [0.25, 0.3) is 0 Å². The number of anilines is 1. The molecule has 10 heteroatoms. The molecule has 1 aromatic heterocycles. The Morgan fingerprint density at radius 1 is 1.37 bits per heavy atom. The lowest BCUT2D eigenvalue weighted by Crippen LogP contribution is -2.15. The van der Waals surface area contributed by atoms with Crippen molar-refractivity contribution in [2.75, 3.05) is 18.2 Å². The number of aromatic nitrogens is 3. The Kier molecular flexibility index (Phi) is 4.73. The number of ether oxygens (including phenoxy) is 1. The van der Waals surface area contributed by atoms with Gasteiger partial charge in [-0.05, 0) is 31.7 Å². The Hall–Kier alpha value is -2.62. The number of benzene rings is 1. The molecule has 142 valence electrons. The van der Waals surface area contributed by atoms with Crippen LogP contribution in [0.5, 0.6) is 5.75 Å². The summed E-state index contributed by atoms with van der Waals surface area (Å²) in [5, 5.41) is 23.0. The fraction of sp³-hybridized carbons (Fsp3) is 0.471. The number of rotatable bonds is 8. The molecule has 0 unspecified atom stereocenters. The summed E-state index contributed by atoms with van der Waals surface area (Å²) in [4.78, 5) is 22.8. The van der Waals surface area contributed by atoms with Crippen LogP contribution >= 0.6 is 11.8 Å². The second-order valence-electron chi connectivity index (χ2n) is 6.69. The van der Waals surface area contributed by atoms with Crippen molar-refractivity contribution in [1.29, 1.82) is 0 Å². The van der Waals surface area contributed by atoms with Gasteiger partial charge in [0.2, 0.25) is 5.91 Å². The number of nitrogens with zero attached hydrogens (tertiary/aromatic N) is 4. The SMILES string of the molecule is COc1ccc([N+](=O)[O-])cc1NC(=O)CSc1nnc(C2CC2)n1C1CC1. The first-order valence-electron chi connectivity index (χ1n) is 8.76. The van der Waals surface area contributed by atoms with Crippen LogP contribution < -0.4 is 10.1 Å². The highest BCUT2D eigenvalue weighted by Gasteiger charge is 2.36. The predicted molar refractivity (Wildman–Crippen MR) is 99.3 cm³/mol. The minimum absolute atomic E-state index is 0.110. The van der Waals surface area contributed by atoms with Crippen molar-refractivity contribution in [3.8, 4) is 5.75 Å². The number of carbonyl (C=O) groups excluding carboxylic acids is 1. The Morgan fingerprint density at radius 3 is 2.78 bits per heavy atom. The van der Waals surface area contributed by atoms with Gasteiger partial charge in [0, 0.05) is 24.1 Å². The summed E-state index contributed by atoms with van der Waals surface area (Å²) in [5.74, 6) is 1.78. The molecule has 2 aromatic rings. The monoisotopic (exact) mass is 389 g/mol. The van der Waals surface area contributed by atoms with E-state index in [-0.39, 0.29) is 23.0 Å². The highest BCUT2D eigenvalue weighted by molar-refractivity contribution is 7.99. The highest BCUT2D eigenvalue weighted by atomic mass is 32.2. The number of methoxy groups -OCH3 is 1. The van der Waals surface area contributed by atoms with E-state index in [9.17, 15) is 14.9 Å². The summed E-state index contributed by atoms with van der Waals surface area (Å²) >= 11 is 1.34. The van der Waals surface area contributed by atoms with E-state index in [0.717, 1.165) is 36.7 Å². The van der Waals surface area contributed by atoms with Crippen LogP contribution in [0.15, 0.2) is 23.4 Å². The maximum absolute atomic E-state index is 12.4.